The van der Waals surface area contributed by atoms with Crippen molar-refractivity contribution in [2.45, 2.75) is 31.7 Å². The highest BCUT2D eigenvalue weighted by Crippen LogP contribution is 2.26. The molecule has 0 saturated heterocycles. The molecule has 0 unspecified atom stereocenters. The standard InChI is InChI=1S/C14H16ClN3O/c15-10-5-7-11(8-6-10)17-14-16-9-13(19)18(14)12-3-1-2-4-12/h5-8,12H,1-4,9H2,(H,16,17). The van der Waals surface area contributed by atoms with E-state index in [-0.39, 0.29) is 12.5 Å². The Balaban J connectivity index is 1.75. The summed E-state index contributed by atoms with van der Waals surface area (Å²) in [5.74, 6) is 0.780. The van der Waals surface area contributed by atoms with E-state index in [1.54, 1.807) is 0 Å². The van der Waals surface area contributed by atoms with Crippen LogP contribution in [-0.2, 0) is 4.79 Å². The van der Waals surface area contributed by atoms with Crippen molar-refractivity contribution in [3.05, 3.63) is 29.3 Å². The number of nitrogens with zero attached hydrogens (tertiary/aromatic N) is 2. The Labute approximate surface area is 117 Å². The monoisotopic (exact) mass is 277 g/mol. The molecule has 1 saturated carbocycles. The Bertz CT molecular complexity index is 506. The topological polar surface area (TPSA) is 44.7 Å². The number of amides is 1. The number of benzene rings is 1. The third-order valence-corrected chi connectivity index (χ3v) is 3.90. The smallest absolute Gasteiger partial charge is 0.251 e. The molecule has 1 aliphatic carbocycles. The molecule has 0 radical (unpaired) electrons. The quantitative estimate of drug-likeness (QED) is 0.903. The highest BCUT2D eigenvalue weighted by Gasteiger charge is 2.33. The summed E-state index contributed by atoms with van der Waals surface area (Å²) in [5.41, 5.74) is 0.904. The number of carbonyl (C=O) groups excluding carboxylic acids is 1. The number of hydrogen-bond acceptors (Lipinski definition) is 3. The largest absolute Gasteiger partial charge is 0.326 e. The molecule has 100 valence electrons. The van der Waals surface area contributed by atoms with E-state index in [2.05, 4.69) is 10.3 Å². The molecule has 19 heavy (non-hydrogen) atoms. The van der Waals surface area contributed by atoms with Gasteiger partial charge in [-0.15, -0.1) is 0 Å². The van der Waals surface area contributed by atoms with Gasteiger partial charge in [0.1, 0.15) is 6.54 Å². The van der Waals surface area contributed by atoms with Crippen LogP contribution in [0.4, 0.5) is 5.69 Å². The number of nitrogens with one attached hydrogen (secondary N) is 1. The first-order valence-electron chi connectivity index (χ1n) is 6.63. The van der Waals surface area contributed by atoms with Crippen LogP contribution in [-0.4, -0.2) is 29.4 Å². The van der Waals surface area contributed by atoms with Crippen LogP contribution in [0.2, 0.25) is 5.02 Å². The number of hydrogen-bond donors (Lipinski definition) is 1. The third-order valence-electron chi connectivity index (χ3n) is 3.65. The van der Waals surface area contributed by atoms with Crippen LogP contribution >= 0.6 is 11.6 Å². The van der Waals surface area contributed by atoms with Gasteiger partial charge in [-0.1, -0.05) is 24.4 Å². The minimum Gasteiger partial charge on any atom is -0.326 e. The number of rotatable bonds is 2. The maximum Gasteiger partial charge on any atom is 0.251 e. The lowest BCUT2D eigenvalue weighted by Gasteiger charge is -2.25. The molecular formula is C14H16ClN3O. The molecule has 1 N–H and O–H groups in total. The molecule has 0 bridgehead atoms. The zero-order chi connectivity index (χ0) is 13.2. The molecule has 0 aromatic heterocycles. The van der Waals surface area contributed by atoms with E-state index >= 15 is 0 Å². The highest BCUT2D eigenvalue weighted by molar-refractivity contribution is 6.30. The number of carbonyl (C=O) groups is 1. The molecule has 5 heteroatoms. The Morgan fingerprint density at radius 3 is 2.58 bits per heavy atom. The van der Waals surface area contributed by atoms with Crippen LogP contribution in [0.1, 0.15) is 25.7 Å². The fourth-order valence-corrected chi connectivity index (χ4v) is 2.84. The number of anilines is 1. The van der Waals surface area contributed by atoms with E-state index in [1.165, 1.54) is 12.8 Å². The van der Waals surface area contributed by atoms with E-state index in [4.69, 9.17) is 11.6 Å². The highest BCUT2D eigenvalue weighted by atomic mass is 35.5. The molecule has 4 nitrogen and oxygen atoms in total. The summed E-state index contributed by atoms with van der Waals surface area (Å²) in [4.78, 5) is 18.1. The second kappa shape index (κ2) is 5.21. The molecule has 2 aliphatic rings. The molecule has 1 heterocycles. The Morgan fingerprint density at radius 1 is 1.21 bits per heavy atom. The van der Waals surface area contributed by atoms with Crippen LogP contribution in [0.3, 0.4) is 0 Å². The fraction of sp³-hybridized carbons (Fsp3) is 0.429. The normalized spacial score (nSPS) is 19.9. The van der Waals surface area contributed by atoms with Gasteiger partial charge in [0.2, 0.25) is 5.96 Å². The maximum absolute atomic E-state index is 12.0. The molecule has 1 aromatic rings. The van der Waals surface area contributed by atoms with Crippen molar-refractivity contribution in [1.82, 2.24) is 4.90 Å². The van der Waals surface area contributed by atoms with Crippen molar-refractivity contribution >= 4 is 29.2 Å². The summed E-state index contributed by atoms with van der Waals surface area (Å²) in [7, 11) is 0. The summed E-state index contributed by atoms with van der Waals surface area (Å²) in [6.45, 7) is 0.256. The van der Waals surface area contributed by atoms with Crippen LogP contribution in [0.15, 0.2) is 29.3 Å². The Kier molecular flexibility index (Phi) is 3.42. The second-order valence-electron chi connectivity index (χ2n) is 4.97. The minimum absolute atomic E-state index is 0.100. The van der Waals surface area contributed by atoms with Crippen LogP contribution in [0.25, 0.3) is 0 Å². The average Bonchev–Trinajstić information content (AvgIpc) is 3.02. The predicted molar refractivity (Wildman–Crippen MR) is 76.5 cm³/mol. The molecule has 0 spiro atoms. The summed E-state index contributed by atoms with van der Waals surface area (Å²) >= 11 is 5.86. The van der Waals surface area contributed by atoms with Crippen molar-refractivity contribution in [1.29, 1.82) is 0 Å². The van der Waals surface area contributed by atoms with Gasteiger partial charge >= 0.3 is 0 Å². The Morgan fingerprint density at radius 2 is 1.89 bits per heavy atom. The van der Waals surface area contributed by atoms with Gasteiger partial charge in [0.05, 0.1) is 0 Å². The molecule has 1 aromatic carbocycles. The molecule has 1 aliphatic heterocycles. The zero-order valence-corrected chi connectivity index (χ0v) is 11.4. The summed E-state index contributed by atoms with van der Waals surface area (Å²) in [6.07, 6.45) is 4.55. The maximum atomic E-state index is 12.0. The number of halogens is 1. The lowest BCUT2D eigenvalue weighted by atomic mass is 10.2. The van der Waals surface area contributed by atoms with Gasteiger partial charge in [0.15, 0.2) is 0 Å². The van der Waals surface area contributed by atoms with Crippen LogP contribution in [0, 0.1) is 0 Å². The lowest BCUT2D eigenvalue weighted by Crippen LogP contribution is -2.43. The van der Waals surface area contributed by atoms with E-state index in [0.29, 0.717) is 17.0 Å². The van der Waals surface area contributed by atoms with Crippen molar-refractivity contribution in [3.8, 4) is 0 Å². The molecular weight excluding hydrogens is 262 g/mol. The lowest BCUT2D eigenvalue weighted by molar-refractivity contribution is -0.126. The molecule has 1 amide bonds. The van der Waals surface area contributed by atoms with Gasteiger partial charge in [-0.3, -0.25) is 9.69 Å². The van der Waals surface area contributed by atoms with Gasteiger partial charge in [-0.05, 0) is 37.1 Å². The van der Waals surface area contributed by atoms with E-state index in [0.717, 1.165) is 18.5 Å². The van der Waals surface area contributed by atoms with E-state index < -0.39 is 0 Å². The van der Waals surface area contributed by atoms with Crippen molar-refractivity contribution in [2.75, 3.05) is 11.9 Å². The SMILES string of the molecule is O=C1CN=C(Nc2ccc(Cl)cc2)N1C1CCCC1. The van der Waals surface area contributed by atoms with Gasteiger partial charge in [0.25, 0.3) is 5.91 Å². The van der Waals surface area contributed by atoms with Crippen molar-refractivity contribution < 1.29 is 4.79 Å². The Hall–Kier alpha value is -1.55. The first-order valence-corrected chi connectivity index (χ1v) is 7.01. The summed E-state index contributed by atoms with van der Waals surface area (Å²) in [6, 6.07) is 7.73. The summed E-state index contributed by atoms with van der Waals surface area (Å²) < 4.78 is 0. The van der Waals surface area contributed by atoms with Gasteiger partial charge in [-0.25, -0.2) is 4.99 Å². The number of aliphatic imine (C=N–C) groups is 1. The molecule has 3 rings (SSSR count). The predicted octanol–water partition coefficient (Wildman–Crippen LogP) is 2.89. The van der Waals surface area contributed by atoms with Gasteiger partial charge < -0.3 is 5.32 Å². The molecule has 1 fully saturated rings. The third kappa shape index (κ3) is 2.59. The van der Waals surface area contributed by atoms with Crippen molar-refractivity contribution in [2.24, 2.45) is 4.99 Å². The first kappa shape index (κ1) is 12.5. The molecule has 0 atom stereocenters. The van der Waals surface area contributed by atoms with Crippen LogP contribution in [0.5, 0.6) is 0 Å². The van der Waals surface area contributed by atoms with Crippen LogP contribution < -0.4 is 5.32 Å². The van der Waals surface area contributed by atoms with E-state index in [9.17, 15) is 4.79 Å². The zero-order valence-electron chi connectivity index (χ0n) is 10.6. The van der Waals surface area contributed by atoms with Gasteiger partial charge in [0, 0.05) is 16.8 Å². The second-order valence-corrected chi connectivity index (χ2v) is 5.41. The number of guanidine groups is 1. The van der Waals surface area contributed by atoms with E-state index in [1.807, 2.05) is 29.2 Å². The van der Waals surface area contributed by atoms with Gasteiger partial charge in [-0.2, -0.15) is 0 Å². The minimum atomic E-state index is 0.100. The summed E-state index contributed by atoms with van der Waals surface area (Å²) in [5, 5.41) is 3.92. The van der Waals surface area contributed by atoms with Crippen molar-refractivity contribution in [3.63, 3.8) is 0 Å². The first-order chi connectivity index (χ1) is 9.24. The average molecular weight is 278 g/mol. The fourth-order valence-electron chi connectivity index (χ4n) is 2.71.